The van der Waals surface area contributed by atoms with Crippen LogP contribution in [0, 0.1) is 0 Å². The van der Waals surface area contributed by atoms with Crippen molar-refractivity contribution >= 4 is 5.91 Å². The Kier molecular flexibility index (Phi) is 5.61. The van der Waals surface area contributed by atoms with Gasteiger partial charge in [0.1, 0.15) is 22.9 Å². The first-order chi connectivity index (χ1) is 13.2. The first kappa shape index (κ1) is 18.3. The Morgan fingerprint density at radius 2 is 1.67 bits per heavy atom. The predicted molar refractivity (Wildman–Crippen MR) is 99.2 cm³/mol. The molecule has 27 heavy (non-hydrogen) atoms. The summed E-state index contributed by atoms with van der Waals surface area (Å²) in [6.45, 7) is 0.191. The molecular weight excluding hydrogens is 348 g/mol. The molecule has 1 aromatic heterocycles. The summed E-state index contributed by atoms with van der Waals surface area (Å²) in [6, 6.07) is 14.6. The van der Waals surface area contributed by atoms with Gasteiger partial charge in [0, 0.05) is 23.8 Å². The number of carbonyl (C=O) groups is 1. The lowest BCUT2D eigenvalue weighted by Crippen LogP contribution is -2.23. The number of methoxy groups -OCH3 is 3. The highest BCUT2D eigenvalue weighted by molar-refractivity contribution is 5.92. The van der Waals surface area contributed by atoms with E-state index >= 15 is 0 Å². The molecule has 1 N–H and O–H groups in total. The minimum Gasteiger partial charge on any atom is -0.496 e. The summed E-state index contributed by atoms with van der Waals surface area (Å²) < 4.78 is 21.2. The summed E-state index contributed by atoms with van der Waals surface area (Å²) in [5.74, 6) is 1.44. The summed E-state index contributed by atoms with van der Waals surface area (Å²) in [5.41, 5.74) is 2.16. The summed E-state index contributed by atoms with van der Waals surface area (Å²) in [7, 11) is 4.65. The van der Waals surface area contributed by atoms with Gasteiger partial charge >= 0.3 is 0 Å². The highest BCUT2D eigenvalue weighted by Crippen LogP contribution is 2.34. The maximum Gasteiger partial charge on any atom is 0.290 e. The van der Waals surface area contributed by atoms with Crippen molar-refractivity contribution in [3.05, 3.63) is 59.9 Å². The Balaban J connectivity index is 1.75. The minimum atomic E-state index is -0.385. The number of nitrogens with one attached hydrogen (secondary N) is 1. The molecule has 140 valence electrons. The SMILES string of the molecule is COc1cc(OC)c(CNC(=O)c2cc(-c3ccccc3)no2)c(OC)c1. The van der Waals surface area contributed by atoms with Gasteiger partial charge in [0.15, 0.2) is 0 Å². The molecule has 0 fully saturated rings. The second kappa shape index (κ2) is 8.27. The van der Waals surface area contributed by atoms with E-state index in [1.54, 1.807) is 39.5 Å². The second-order valence-electron chi connectivity index (χ2n) is 5.64. The number of benzene rings is 2. The molecule has 1 heterocycles. The average molecular weight is 368 g/mol. The number of ether oxygens (including phenoxy) is 3. The highest BCUT2D eigenvalue weighted by Gasteiger charge is 2.17. The first-order valence-corrected chi connectivity index (χ1v) is 8.25. The zero-order valence-electron chi connectivity index (χ0n) is 15.3. The van der Waals surface area contributed by atoms with E-state index in [1.165, 1.54) is 0 Å². The average Bonchev–Trinajstić information content (AvgIpc) is 3.22. The number of amides is 1. The molecule has 0 radical (unpaired) electrons. The third kappa shape index (κ3) is 4.03. The predicted octanol–water partition coefficient (Wildman–Crippen LogP) is 3.30. The van der Waals surface area contributed by atoms with Gasteiger partial charge < -0.3 is 24.1 Å². The lowest BCUT2D eigenvalue weighted by atomic mass is 10.1. The maximum absolute atomic E-state index is 12.4. The van der Waals surface area contributed by atoms with Crippen LogP contribution in [0.15, 0.2) is 53.1 Å². The van der Waals surface area contributed by atoms with Crippen molar-refractivity contribution in [3.8, 4) is 28.5 Å². The lowest BCUT2D eigenvalue weighted by molar-refractivity contribution is 0.0913. The number of aromatic nitrogens is 1. The zero-order valence-corrected chi connectivity index (χ0v) is 15.3. The molecule has 0 aliphatic rings. The van der Waals surface area contributed by atoms with Gasteiger partial charge in [-0.05, 0) is 0 Å². The molecule has 0 unspecified atom stereocenters. The largest absolute Gasteiger partial charge is 0.496 e. The number of nitrogens with zero attached hydrogens (tertiary/aromatic N) is 1. The highest BCUT2D eigenvalue weighted by atomic mass is 16.5. The van der Waals surface area contributed by atoms with Gasteiger partial charge in [0.25, 0.3) is 5.91 Å². The van der Waals surface area contributed by atoms with E-state index < -0.39 is 0 Å². The number of hydrogen-bond donors (Lipinski definition) is 1. The summed E-state index contributed by atoms with van der Waals surface area (Å²) in [5, 5.41) is 6.74. The van der Waals surface area contributed by atoms with E-state index in [1.807, 2.05) is 30.3 Å². The van der Waals surface area contributed by atoms with Crippen LogP contribution in [0.1, 0.15) is 16.1 Å². The quantitative estimate of drug-likeness (QED) is 0.689. The van der Waals surface area contributed by atoms with E-state index in [0.717, 1.165) is 5.56 Å². The van der Waals surface area contributed by atoms with Crippen molar-refractivity contribution in [2.24, 2.45) is 0 Å². The molecule has 0 aliphatic heterocycles. The van der Waals surface area contributed by atoms with E-state index in [0.29, 0.717) is 28.5 Å². The van der Waals surface area contributed by atoms with Gasteiger partial charge in [-0.3, -0.25) is 4.79 Å². The maximum atomic E-state index is 12.4. The molecule has 2 aromatic carbocycles. The molecule has 0 saturated carbocycles. The first-order valence-electron chi connectivity index (χ1n) is 8.25. The Morgan fingerprint density at radius 1 is 1.00 bits per heavy atom. The van der Waals surface area contributed by atoms with Gasteiger partial charge in [-0.2, -0.15) is 0 Å². The van der Waals surface area contributed by atoms with Crippen LogP contribution in [0.3, 0.4) is 0 Å². The van der Waals surface area contributed by atoms with Crippen LogP contribution < -0.4 is 19.5 Å². The van der Waals surface area contributed by atoms with Crippen LogP contribution in [0.4, 0.5) is 0 Å². The van der Waals surface area contributed by atoms with Crippen molar-refractivity contribution in [2.75, 3.05) is 21.3 Å². The number of rotatable bonds is 7. The number of carbonyl (C=O) groups excluding carboxylic acids is 1. The number of hydrogen-bond acceptors (Lipinski definition) is 6. The van der Waals surface area contributed by atoms with Crippen LogP contribution in [0.2, 0.25) is 0 Å². The van der Waals surface area contributed by atoms with E-state index in [9.17, 15) is 4.79 Å². The smallest absolute Gasteiger partial charge is 0.290 e. The van der Waals surface area contributed by atoms with Crippen molar-refractivity contribution < 1.29 is 23.5 Å². The third-order valence-corrected chi connectivity index (χ3v) is 4.05. The Morgan fingerprint density at radius 3 is 2.26 bits per heavy atom. The third-order valence-electron chi connectivity index (χ3n) is 4.05. The molecule has 7 heteroatoms. The van der Waals surface area contributed by atoms with Crippen molar-refractivity contribution in [1.29, 1.82) is 0 Å². The fourth-order valence-corrected chi connectivity index (χ4v) is 2.64. The molecule has 0 aliphatic carbocycles. The van der Waals surface area contributed by atoms with Gasteiger partial charge in [0.05, 0.1) is 33.4 Å². The molecular formula is C20H20N2O5. The van der Waals surface area contributed by atoms with Crippen LogP contribution >= 0.6 is 0 Å². The Bertz CT molecular complexity index is 896. The van der Waals surface area contributed by atoms with Crippen LogP contribution in [-0.2, 0) is 6.54 Å². The fraction of sp³-hybridized carbons (Fsp3) is 0.200. The molecule has 0 spiro atoms. The van der Waals surface area contributed by atoms with E-state index in [4.69, 9.17) is 18.7 Å². The fourth-order valence-electron chi connectivity index (χ4n) is 2.64. The summed E-state index contributed by atoms with van der Waals surface area (Å²) in [6.07, 6.45) is 0. The lowest BCUT2D eigenvalue weighted by Gasteiger charge is -2.15. The normalized spacial score (nSPS) is 10.3. The van der Waals surface area contributed by atoms with Crippen LogP contribution in [0.25, 0.3) is 11.3 Å². The van der Waals surface area contributed by atoms with Crippen LogP contribution in [0.5, 0.6) is 17.2 Å². The van der Waals surface area contributed by atoms with Gasteiger partial charge in [-0.1, -0.05) is 35.5 Å². The van der Waals surface area contributed by atoms with Gasteiger partial charge in [-0.25, -0.2) is 0 Å². The summed E-state index contributed by atoms with van der Waals surface area (Å²) >= 11 is 0. The van der Waals surface area contributed by atoms with Crippen molar-refractivity contribution in [3.63, 3.8) is 0 Å². The van der Waals surface area contributed by atoms with Crippen LogP contribution in [-0.4, -0.2) is 32.4 Å². The summed E-state index contributed by atoms with van der Waals surface area (Å²) in [4.78, 5) is 12.4. The zero-order chi connectivity index (χ0) is 19.2. The molecule has 0 saturated heterocycles. The second-order valence-corrected chi connectivity index (χ2v) is 5.64. The topological polar surface area (TPSA) is 82.8 Å². The van der Waals surface area contributed by atoms with E-state index in [2.05, 4.69) is 10.5 Å². The monoisotopic (exact) mass is 368 g/mol. The molecule has 7 nitrogen and oxygen atoms in total. The van der Waals surface area contributed by atoms with Crippen molar-refractivity contribution in [1.82, 2.24) is 10.5 Å². The van der Waals surface area contributed by atoms with Crippen molar-refractivity contribution in [2.45, 2.75) is 6.54 Å². The Labute approximate surface area is 156 Å². The molecule has 3 rings (SSSR count). The van der Waals surface area contributed by atoms with Gasteiger partial charge in [0.2, 0.25) is 5.76 Å². The van der Waals surface area contributed by atoms with E-state index in [-0.39, 0.29) is 18.2 Å². The Hall–Kier alpha value is -3.48. The molecule has 3 aromatic rings. The molecule has 1 amide bonds. The standard InChI is InChI=1S/C20H20N2O5/c1-24-14-9-17(25-2)15(18(10-14)26-3)12-21-20(23)19-11-16(22-27-19)13-7-5-4-6-8-13/h4-11H,12H2,1-3H3,(H,21,23). The van der Waals surface area contributed by atoms with Gasteiger partial charge in [-0.15, -0.1) is 0 Å². The minimum absolute atomic E-state index is 0.125. The molecule has 0 bridgehead atoms. The molecule has 0 atom stereocenters.